The minimum Gasteiger partial charge on any atom is -0.489 e. The monoisotopic (exact) mass is 430 g/mol. The van der Waals surface area contributed by atoms with Crippen LogP contribution < -0.4 is 15.1 Å². The normalized spacial score (nSPS) is 11.5. The van der Waals surface area contributed by atoms with Crippen LogP contribution in [0.25, 0.3) is 6.08 Å². The maximum atomic E-state index is 12.6. The minimum atomic E-state index is -4.38. The van der Waals surface area contributed by atoms with Gasteiger partial charge >= 0.3 is 17.8 Å². The average Bonchev–Trinajstić information content (AvgIpc) is 2.70. The molecule has 2 aromatic carbocycles. The third kappa shape index (κ3) is 6.60. The molecule has 1 heterocycles. The van der Waals surface area contributed by atoms with E-state index in [2.05, 4.69) is 0 Å². The molecule has 0 saturated carbocycles. The first-order valence-corrected chi connectivity index (χ1v) is 9.10. The summed E-state index contributed by atoms with van der Waals surface area (Å²) in [6.45, 7) is 1.65. The summed E-state index contributed by atoms with van der Waals surface area (Å²) < 4.78 is 53.3. The molecule has 0 aliphatic carbocycles. The highest BCUT2D eigenvalue weighted by Gasteiger charge is 2.29. The molecule has 0 saturated heterocycles. The first-order valence-electron chi connectivity index (χ1n) is 9.10. The van der Waals surface area contributed by atoms with Gasteiger partial charge in [-0.05, 0) is 48.4 Å². The molecule has 0 spiro atoms. The number of hydrogen-bond donors (Lipinski definition) is 0. The van der Waals surface area contributed by atoms with E-state index >= 15 is 0 Å². The molecule has 31 heavy (non-hydrogen) atoms. The van der Waals surface area contributed by atoms with Gasteiger partial charge in [0.2, 0.25) is 0 Å². The van der Waals surface area contributed by atoms with E-state index in [0.29, 0.717) is 22.6 Å². The number of esters is 1. The highest BCUT2D eigenvalue weighted by atomic mass is 19.4. The molecule has 3 aromatic rings. The second-order valence-corrected chi connectivity index (χ2v) is 6.53. The largest absolute Gasteiger partial charge is 0.489 e. The molecule has 0 aliphatic heterocycles. The second-order valence-electron chi connectivity index (χ2n) is 6.53. The Hall–Kier alpha value is -3.81. The Morgan fingerprint density at radius 2 is 1.77 bits per heavy atom. The molecule has 0 aliphatic rings. The summed E-state index contributed by atoms with van der Waals surface area (Å²) in [6, 6.07) is 14.0. The maximum Gasteiger partial charge on any atom is 0.416 e. The lowest BCUT2D eigenvalue weighted by Crippen LogP contribution is -2.07. The molecule has 0 atom stereocenters. The molecule has 0 amide bonds. The standard InChI is InChI=1S/C23H17F3O5/c1-15-11-20(13-22(28)30-15)31-21(27)10-7-16-3-2-4-19(12-16)29-14-17-5-8-18(9-6-17)23(24,25)26/h2-13H,14H2,1H3. The molecule has 1 aromatic heterocycles. The molecule has 160 valence electrons. The van der Waals surface area contributed by atoms with E-state index in [0.717, 1.165) is 18.2 Å². The van der Waals surface area contributed by atoms with Gasteiger partial charge in [0.05, 0.1) is 11.6 Å². The van der Waals surface area contributed by atoms with Crippen molar-refractivity contribution in [3.05, 3.63) is 99.6 Å². The Bertz CT molecular complexity index is 1140. The summed E-state index contributed by atoms with van der Waals surface area (Å²) in [5, 5.41) is 0. The summed E-state index contributed by atoms with van der Waals surface area (Å²) in [4.78, 5) is 23.2. The lowest BCUT2D eigenvalue weighted by Gasteiger charge is -2.09. The number of hydrogen-bond acceptors (Lipinski definition) is 5. The molecule has 0 N–H and O–H groups in total. The van der Waals surface area contributed by atoms with Crippen molar-refractivity contribution in [2.75, 3.05) is 0 Å². The molecule has 0 radical (unpaired) electrons. The molecular formula is C23H17F3O5. The van der Waals surface area contributed by atoms with Crippen LogP contribution >= 0.6 is 0 Å². The van der Waals surface area contributed by atoms with Crippen molar-refractivity contribution < 1.29 is 31.9 Å². The number of halogens is 3. The summed E-state index contributed by atoms with van der Waals surface area (Å²) in [7, 11) is 0. The van der Waals surface area contributed by atoms with Crippen LogP contribution in [-0.2, 0) is 17.6 Å². The lowest BCUT2D eigenvalue weighted by molar-refractivity contribution is -0.137. The quantitative estimate of drug-likeness (QED) is 0.399. The van der Waals surface area contributed by atoms with Crippen molar-refractivity contribution >= 4 is 12.0 Å². The number of carbonyl (C=O) groups excluding carboxylic acids is 1. The van der Waals surface area contributed by atoms with Gasteiger partial charge in [0, 0.05) is 12.1 Å². The van der Waals surface area contributed by atoms with E-state index in [1.807, 2.05) is 0 Å². The number of ether oxygens (including phenoxy) is 2. The molecule has 3 rings (SSSR count). The van der Waals surface area contributed by atoms with Gasteiger partial charge < -0.3 is 13.9 Å². The number of rotatable bonds is 6. The van der Waals surface area contributed by atoms with Crippen LogP contribution in [0.4, 0.5) is 13.2 Å². The van der Waals surface area contributed by atoms with Gasteiger partial charge in [0.1, 0.15) is 23.9 Å². The number of carbonyl (C=O) groups is 1. The predicted octanol–water partition coefficient (Wildman–Crippen LogP) is 5.16. The summed E-state index contributed by atoms with van der Waals surface area (Å²) >= 11 is 0. The van der Waals surface area contributed by atoms with Crippen molar-refractivity contribution in [2.45, 2.75) is 19.7 Å². The van der Waals surface area contributed by atoms with E-state index in [4.69, 9.17) is 13.9 Å². The Balaban J connectivity index is 1.59. The van der Waals surface area contributed by atoms with Crippen LogP contribution in [0.5, 0.6) is 11.5 Å². The van der Waals surface area contributed by atoms with Gasteiger partial charge in [0.15, 0.2) is 0 Å². The number of benzene rings is 2. The number of alkyl halides is 3. The van der Waals surface area contributed by atoms with Gasteiger partial charge in [-0.2, -0.15) is 13.2 Å². The average molecular weight is 430 g/mol. The third-order valence-corrected chi connectivity index (χ3v) is 4.04. The Morgan fingerprint density at radius 1 is 1.03 bits per heavy atom. The molecular weight excluding hydrogens is 413 g/mol. The fourth-order valence-corrected chi connectivity index (χ4v) is 2.61. The van der Waals surface area contributed by atoms with Crippen molar-refractivity contribution in [3.8, 4) is 11.5 Å². The highest BCUT2D eigenvalue weighted by Crippen LogP contribution is 2.29. The van der Waals surface area contributed by atoms with Gasteiger partial charge in [-0.25, -0.2) is 9.59 Å². The molecule has 0 fully saturated rings. The van der Waals surface area contributed by atoms with Crippen LogP contribution in [0.3, 0.4) is 0 Å². The Morgan fingerprint density at radius 3 is 2.45 bits per heavy atom. The first-order chi connectivity index (χ1) is 14.7. The van der Waals surface area contributed by atoms with Gasteiger partial charge in [-0.1, -0.05) is 24.3 Å². The van der Waals surface area contributed by atoms with E-state index in [9.17, 15) is 22.8 Å². The van der Waals surface area contributed by atoms with Crippen molar-refractivity contribution in [2.24, 2.45) is 0 Å². The van der Waals surface area contributed by atoms with Gasteiger partial charge in [-0.3, -0.25) is 0 Å². The van der Waals surface area contributed by atoms with E-state index < -0.39 is 23.3 Å². The van der Waals surface area contributed by atoms with Crippen LogP contribution in [0.15, 0.2) is 76.0 Å². The minimum absolute atomic E-state index is 0.0806. The summed E-state index contributed by atoms with van der Waals surface area (Å²) in [6.07, 6.45) is -1.68. The zero-order valence-electron chi connectivity index (χ0n) is 16.3. The van der Waals surface area contributed by atoms with Gasteiger partial charge in [0.25, 0.3) is 0 Å². The lowest BCUT2D eigenvalue weighted by atomic mass is 10.1. The first kappa shape index (κ1) is 21.9. The summed E-state index contributed by atoms with van der Waals surface area (Å²) in [5.41, 5.74) is -0.114. The van der Waals surface area contributed by atoms with Crippen molar-refractivity contribution in [3.63, 3.8) is 0 Å². The van der Waals surface area contributed by atoms with Crippen LogP contribution in [0, 0.1) is 6.92 Å². The van der Waals surface area contributed by atoms with Crippen molar-refractivity contribution in [1.29, 1.82) is 0 Å². The SMILES string of the molecule is Cc1cc(OC(=O)C=Cc2cccc(OCc3ccc(C(F)(F)F)cc3)c2)cc(=O)o1. The molecule has 8 heteroatoms. The van der Waals surface area contributed by atoms with E-state index in [1.54, 1.807) is 31.2 Å². The van der Waals surface area contributed by atoms with E-state index in [1.165, 1.54) is 30.4 Å². The van der Waals surface area contributed by atoms with Crippen molar-refractivity contribution in [1.82, 2.24) is 0 Å². The van der Waals surface area contributed by atoms with E-state index in [-0.39, 0.29) is 12.4 Å². The Labute approximate surface area is 175 Å². The Kier molecular flexibility index (Phi) is 6.59. The van der Waals surface area contributed by atoms with Crippen LogP contribution in [0.1, 0.15) is 22.5 Å². The third-order valence-electron chi connectivity index (χ3n) is 4.04. The van der Waals surface area contributed by atoms with Crippen LogP contribution in [-0.4, -0.2) is 5.97 Å². The second kappa shape index (κ2) is 9.34. The molecule has 0 unspecified atom stereocenters. The fraction of sp³-hybridized carbons (Fsp3) is 0.130. The smallest absolute Gasteiger partial charge is 0.416 e. The fourth-order valence-electron chi connectivity index (χ4n) is 2.61. The number of aryl methyl sites for hydroxylation is 1. The maximum absolute atomic E-state index is 12.6. The molecule has 5 nitrogen and oxygen atoms in total. The van der Waals surface area contributed by atoms with Crippen LogP contribution in [0.2, 0.25) is 0 Å². The molecule has 0 bridgehead atoms. The zero-order valence-corrected chi connectivity index (χ0v) is 16.3. The van der Waals surface area contributed by atoms with Gasteiger partial charge in [-0.15, -0.1) is 0 Å². The topological polar surface area (TPSA) is 65.7 Å². The zero-order chi connectivity index (χ0) is 22.4. The highest BCUT2D eigenvalue weighted by molar-refractivity contribution is 5.88. The summed E-state index contributed by atoms with van der Waals surface area (Å²) in [5.74, 6) is 0.196. The predicted molar refractivity (Wildman–Crippen MR) is 107 cm³/mol.